The van der Waals surface area contributed by atoms with Crippen LogP contribution in [0.1, 0.15) is 31.2 Å². The molecular formula is C24H40IN5O3. The summed E-state index contributed by atoms with van der Waals surface area (Å²) in [4.78, 5) is 23.8. The molecule has 0 aromatic heterocycles. The standard InChI is InChI=1S/C24H39N5O3.HI/c1-25-23(26-18-24(10-6-7-11-24)22(30)27(2)3)29-14-12-28(13-15-29)17-19-16-20(31-4)8-9-21(19)32-5;/h8-9,16H,6-7,10-15,17-18H2,1-5H3,(H,25,26);1H. The molecule has 0 radical (unpaired) electrons. The maximum Gasteiger partial charge on any atom is 0.230 e. The maximum absolute atomic E-state index is 12.9. The van der Waals surface area contributed by atoms with Crippen LogP contribution in [0.3, 0.4) is 0 Å². The predicted octanol–water partition coefficient (Wildman–Crippen LogP) is 2.66. The Bertz CT molecular complexity index is 803. The van der Waals surface area contributed by atoms with Crippen LogP contribution in [0.5, 0.6) is 11.5 Å². The van der Waals surface area contributed by atoms with Crippen molar-refractivity contribution in [1.82, 2.24) is 20.0 Å². The van der Waals surface area contributed by atoms with Gasteiger partial charge in [0.2, 0.25) is 5.91 Å². The van der Waals surface area contributed by atoms with E-state index in [1.54, 1.807) is 19.1 Å². The fourth-order valence-electron chi connectivity index (χ4n) is 4.94. The summed E-state index contributed by atoms with van der Waals surface area (Å²) in [5.74, 6) is 2.85. The van der Waals surface area contributed by atoms with Crippen LogP contribution in [0.4, 0.5) is 0 Å². The number of rotatable bonds is 7. The van der Waals surface area contributed by atoms with Crippen molar-refractivity contribution in [2.75, 3.05) is 68.1 Å². The molecule has 2 aliphatic rings. The minimum atomic E-state index is -0.301. The number of nitrogens with one attached hydrogen (secondary N) is 1. The number of hydrogen-bond acceptors (Lipinski definition) is 5. The van der Waals surface area contributed by atoms with Gasteiger partial charge in [0.15, 0.2) is 5.96 Å². The Morgan fingerprint density at radius 2 is 1.79 bits per heavy atom. The van der Waals surface area contributed by atoms with Crippen molar-refractivity contribution in [3.63, 3.8) is 0 Å². The second kappa shape index (κ2) is 12.6. The van der Waals surface area contributed by atoms with Crippen molar-refractivity contribution in [2.24, 2.45) is 10.4 Å². The van der Waals surface area contributed by atoms with Crippen LogP contribution in [0.2, 0.25) is 0 Å². The van der Waals surface area contributed by atoms with E-state index in [1.165, 1.54) is 0 Å². The summed E-state index contributed by atoms with van der Waals surface area (Å²) in [7, 11) is 8.92. The van der Waals surface area contributed by atoms with E-state index in [2.05, 4.69) is 26.2 Å². The van der Waals surface area contributed by atoms with E-state index in [0.717, 1.165) is 81.4 Å². The smallest absolute Gasteiger partial charge is 0.230 e. The monoisotopic (exact) mass is 573 g/mol. The highest BCUT2D eigenvalue weighted by Gasteiger charge is 2.42. The van der Waals surface area contributed by atoms with E-state index in [9.17, 15) is 4.79 Å². The molecule has 0 atom stereocenters. The van der Waals surface area contributed by atoms with Gasteiger partial charge >= 0.3 is 0 Å². The van der Waals surface area contributed by atoms with Crippen LogP contribution < -0.4 is 14.8 Å². The molecule has 2 fully saturated rings. The van der Waals surface area contributed by atoms with Gasteiger partial charge in [0.1, 0.15) is 11.5 Å². The molecule has 1 aromatic carbocycles. The lowest BCUT2D eigenvalue weighted by Gasteiger charge is -2.38. The molecule has 1 aliphatic carbocycles. The molecule has 1 saturated heterocycles. The van der Waals surface area contributed by atoms with Crippen LogP contribution in [-0.2, 0) is 11.3 Å². The Balaban J connectivity index is 0.00000385. The largest absolute Gasteiger partial charge is 0.497 e. The van der Waals surface area contributed by atoms with E-state index >= 15 is 0 Å². The highest BCUT2D eigenvalue weighted by atomic mass is 127. The lowest BCUT2D eigenvalue weighted by molar-refractivity contribution is -0.138. The molecule has 1 aliphatic heterocycles. The van der Waals surface area contributed by atoms with Crippen molar-refractivity contribution < 1.29 is 14.3 Å². The molecule has 186 valence electrons. The Morgan fingerprint density at radius 3 is 2.33 bits per heavy atom. The number of methoxy groups -OCH3 is 2. The summed E-state index contributed by atoms with van der Waals surface area (Å²) in [5.41, 5.74) is 0.831. The minimum absolute atomic E-state index is 0. The summed E-state index contributed by atoms with van der Waals surface area (Å²) in [5, 5.41) is 3.53. The number of aliphatic imine (C=N–C) groups is 1. The fourth-order valence-corrected chi connectivity index (χ4v) is 4.94. The van der Waals surface area contributed by atoms with Crippen molar-refractivity contribution in [3.8, 4) is 11.5 Å². The zero-order chi connectivity index (χ0) is 23.1. The average molecular weight is 574 g/mol. The molecule has 8 nitrogen and oxygen atoms in total. The van der Waals surface area contributed by atoms with Crippen LogP contribution in [0.25, 0.3) is 0 Å². The minimum Gasteiger partial charge on any atom is -0.497 e. The van der Waals surface area contributed by atoms with Gasteiger partial charge in [-0.2, -0.15) is 0 Å². The lowest BCUT2D eigenvalue weighted by Crippen LogP contribution is -2.54. The molecule has 1 aromatic rings. The zero-order valence-corrected chi connectivity index (χ0v) is 23.1. The van der Waals surface area contributed by atoms with Gasteiger partial charge in [-0.3, -0.25) is 14.7 Å². The normalized spacial score (nSPS) is 18.5. The number of piperazine rings is 1. The molecule has 1 heterocycles. The first-order chi connectivity index (χ1) is 15.4. The number of guanidine groups is 1. The lowest BCUT2D eigenvalue weighted by atomic mass is 9.84. The Kier molecular flexibility index (Phi) is 10.5. The van der Waals surface area contributed by atoms with Gasteiger partial charge in [-0.05, 0) is 31.0 Å². The molecule has 0 unspecified atom stereocenters. The van der Waals surface area contributed by atoms with Gasteiger partial charge in [-0.25, -0.2) is 0 Å². The third-order valence-corrected chi connectivity index (χ3v) is 6.77. The van der Waals surface area contributed by atoms with Crippen LogP contribution >= 0.6 is 24.0 Å². The third-order valence-electron chi connectivity index (χ3n) is 6.77. The predicted molar refractivity (Wildman–Crippen MR) is 143 cm³/mol. The van der Waals surface area contributed by atoms with Crippen LogP contribution in [-0.4, -0.2) is 94.7 Å². The number of amides is 1. The second-order valence-corrected chi connectivity index (χ2v) is 9.03. The molecule has 1 saturated carbocycles. The molecular weight excluding hydrogens is 533 g/mol. The van der Waals surface area contributed by atoms with Crippen molar-refractivity contribution in [2.45, 2.75) is 32.2 Å². The maximum atomic E-state index is 12.9. The van der Waals surface area contributed by atoms with Crippen molar-refractivity contribution in [1.29, 1.82) is 0 Å². The van der Waals surface area contributed by atoms with Gasteiger partial charge in [0.25, 0.3) is 0 Å². The van der Waals surface area contributed by atoms with E-state index in [-0.39, 0.29) is 35.3 Å². The van der Waals surface area contributed by atoms with E-state index in [0.29, 0.717) is 6.54 Å². The molecule has 0 bridgehead atoms. The van der Waals surface area contributed by atoms with Gasteiger partial charge < -0.3 is 24.6 Å². The van der Waals surface area contributed by atoms with Gasteiger partial charge in [-0.15, -0.1) is 24.0 Å². The first-order valence-corrected chi connectivity index (χ1v) is 11.5. The highest BCUT2D eigenvalue weighted by molar-refractivity contribution is 14.0. The Labute approximate surface area is 215 Å². The Morgan fingerprint density at radius 1 is 1.12 bits per heavy atom. The van der Waals surface area contributed by atoms with Crippen molar-refractivity contribution >= 4 is 35.8 Å². The van der Waals surface area contributed by atoms with Crippen molar-refractivity contribution in [3.05, 3.63) is 23.8 Å². The Hall–Kier alpha value is -1.75. The molecule has 9 heteroatoms. The topological polar surface area (TPSA) is 69.6 Å². The summed E-state index contributed by atoms with van der Waals surface area (Å²) in [6.07, 6.45) is 4.13. The van der Waals surface area contributed by atoms with E-state index < -0.39 is 0 Å². The summed E-state index contributed by atoms with van der Waals surface area (Å²) >= 11 is 0. The number of ether oxygens (including phenoxy) is 2. The van der Waals surface area contributed by atoms with Gasteiger partial charge in [-0.1, -0.05) is 12.8 Å². The summed E-state index contributed by atoms with van der Waals surface area (Å²) < 4.78 is 10.9. The third kappa shape index (κ3) is 6.65. The SMILES string of the molecule is CN=C(NCC1(C(=O)N(C)C)CCCC1)N1CCN(Cc2cc(OC)ccc2OC)CC1.I. The average Bonchev–Trinajstić information content (AvgIpc) is 3.29. The molecule has 1 amide bonds. The van der Waals surface area contributed by atoms with Crippen LogP contribution in [0, 0.1) is 5.41 Å². The molecule has 0 spiro atoms. The molecule has 33 heavy (non-hydrogen) atoms. The summed E-state index contributed by atoms with van der Waals surface area (Å²) in [6.45, 7) is 5.12. The zero-order valence-electron chi connectivity index (χ0n) is 20.7. The number of halogens is 1. The summed E-state index contributed by atoms with van der Waals surface area (Å²) in [6, 6.07) is 5.94. The fraction of sp³-hybridized carbons (Fsp3) is 0.667. The number of carbonyl (C=O) groups is 1. The van der Waals surface area contributed by atoms with E-state index in [4.69, 9.17) is 9.47 Å². The molecule has 1 N–H and O–H groups in total. The van der Waals surface area contributed by atoms with Crippen LogP contribution in [0.15, 0.2) is 23.2 Å². The number of nitrogens with zero attached hydrogens (tertiary/aromatic N) is 4. The van der Waals surface area contributed by atoms with E-state index in [1.807, 2.05) is 33.3 Å². The first kappa shape index (κ1) is 27.5. The highest BCUT2D eigenvalue weighted by Crippen LogP contribution is 2.39. The first-order valence-electron chi connectivity index (χ1n) is 11.5. The number of benzene rings is 1. The molecule has 3 rings (SSSR count). The number of carbonyl (C=O) groups excluding carboxylic acids is 1. The van der Waals surface area contributed by atoms with Gasteiger partial charge in [0.05, 0.1) is 19.6 Å². The van der Waals surface area contributed by atoms with Gasteiger partial charge in [0, 0.05) is 66.0 Å². The quantitative estimate of drug-likeness (QED) is 0.308. The second-order valence-electron chi connectivity index (χ2n) is 9.03. The number of hydrogen-bond donors (Lipinski definition) is 1.